The van der Waals surface area contributed by atoms with Gasteiger partial charge in [-0.25, -0.2) is 14.8 Å². The quantitative estimate of drug-likeness (QED) is 0.664. The van der Waals surface area contributed by atoms with E-state index in [0.29, 0.717) is 18.2 Å². The van der Waals surface area contributed by atoms with Gasteiger partial charge in [-0.2, -0.15) is 0 Å². The van der Waals surface area contributed by atoms with Crippen LogP contribution >= 0.6 is 11.3 Å². The van der Waals surface area contributed by atoms with Crippen molar-refractivity contribution in [1.82, 2.24) is 20.3 Å². The number of urea groups is 1. The van der Waals surface area contributed by atoms with E-state index in [0.717, 1.165) is 16.3 Å². The van der Waals surface area contributed by atoms with Gasteiger partial charge >= 0.3 is 6.03 Å². The highest BCUT2D eigenvalue weighted by molar-refractivity contribution is 7.13. The van der Waals surface area contributed by atoms with E-state index in [4.69, 9.17) is 0 Å². The number of nitrogens with one attached hydrogen (secondary N) is 3. The zero-order valence-electron chi connectivity index (χ0n) is 13.0. The lowest BCUT2D eigenvalue weighted by atomic mass is 10.3. The van der Waals surface area contributed by atoms with Crippen molar-refractivity contribution >= 4 is 29.0 Å². The maximum absolute atomic E-state index is 12.1. The fourth-order valence-electron chi connectivity index (χ4n) is 2.05. The number of carbonyl (C=O) groups is 1. The minimum absolute atomic E-state index is 0.379. The summed E-state index contributed by atoms with van der Waals surface area (Å²) in [5, 5.41) is 11.0. The van der Waals surface area contributed by atoms with Gasteiger partial charge in [0.1, 0.15) is 16.6 Å². The molecule has 7 nitrogen and oxygen atoms in total. The standard InChI is InChI=1S/C16H16N6OS/c1-17-9-12-3-2-4-13(19-12)21-16(23)22-14-10-24-15(20-14)11-5-7-18-8-6-11/h2-8,10,17H,9H2,1H3,(H2,19,21,22,23). The summed E-state index contributed by atoms with van der Waals surface area (Å²) in [6.45, 7) is 0.637. The Morgan fingerprint density at radius 3 is 2.67 bits per heavy atom. The SMILES string of the molecule is CNCc1cccc(NC(=O)Nc2csc(-c3ccncc3)n2)n1. The van der Waals surface area contributed by atoms with Crippen molar-refractivity contribution in [3.63, 3.8) is 0 Å². The first kappa shape index (κ1) is 16.0. The molecule has 0 unspecified atom stereocenters. The molecule has 0 atom stereocenters. The summed E-state index contributed by atoms with van der Waals surface area (Å²) in [6.07, 6.45) is 3.42. The highest BCUT2D eigenvalue weighted by Gasteiger charge is 2.08. The van der Waals surface area contributed by atoms with Crippen LogP contribution in [0.4, 0.5) is 16.4 Å². The molecule has 3 heterocycles. The van der Waals surface area contributed by atoms with E-state index in [1.807, 2.05) is 31.3 Å². The van der Waals surface area contributed by atoms with E-state index in [2.05, 4.69) is 30.9 Å². The van der Waals surface area contributed by atoms with Crippen LogP contribution in [0.15, 0.2) is 48.1 Å². The molecule has 0 aliphatic rings. The minimum Gasteiger partial charge on any atom is -0.314 e. The summed E-state index contributed by atoms with van der Waals surface area (Å²) in [5.41, 5.74) is 1.81. The molecule has 8 heteroatoms. The van der Waals surface area contributed by atoms with Gasteiger partial charge in [-0.05, 0) is 31.3 Å². The van der Waals surface area contributed by atoms with Crippen molar-refractivity contribution in [3.05, 3.63) is 53.8 Å². The number of pyridine rings is 2. The molecule has 2 amide bonds. The van der Waals surface area contributed by atoms with E-state index >= 15 is 0 Å². The Kier molecular flexibility index (Phi) is 5.09. The van der Waals surface area contributed by atoms with Crippen molar-refractivity contribution < 1.29 is 4.79 Å². The van der Waals surface area contributed by atoms with Gasteiger partial charge in [-0.1, -0.05) is 6.07 Å². The van der Waals surface area contributed by atoms with Crippen molar-refractivity contribution in [2.75, 3.05) is 17.7 Å². The Labute approximate surface area is 143 Å². The number of amides is 2. The summed E-state index contributed by atoms with van der Waals surface area (Å²) in [7, 11) is 1.84. The Morgan fingerprint density at radius 1 is 1.08 bits per heavy atom. The molecule has 24 heavy (non-hydrogen) atoms. The fourth-order valence-corrected chi connectivity index (χ4v) is 2.81. The normalized spacial score (nSPS) is 10.4. The monoisotopic (exact) mass is 340 g/mol. The molecule has 0 aliphatic heterocycles. The number of rotatable bonds is 5. The van der Waals surface area contributed by atoms with Crippen LogP contribution in [0.5, 0.6) is 0 Å². The highest BCUT2D eigenvalue weighted by Crippen LogP contribution is 2.25. The maximum atomic E-state index is 12.1. The van der Waals surface area contributed by atoms with E-state index in [1.165, 1.54) is 11.3 Å². The van der Waals surface area contributed by atoms with Crippen LogP contribution in [-0.4, -0.2) is 28.0 Å². The number of nitrogens with zero attached hydrogens (tertiary/aromatic N) is 3. The van der Waals surface area contributed by atoms with Crippen molar-refractivity contribution in [2.24, 2.45) is 0 Å². The minimum atomic E-state index is -0.379. The number of thiazole rings is 1. The molecule has 0 fully saturated rings. The molecule has 122 valence electrons. The molecule has 3 aromatic rings. The van der Waals surface area contributed by atoms with Gasteiger partial charge in [0.2, 0.25) is 0 Å². The summed E-state index contributed by atoms with van der Waals surface area (Å²) in [4.78, 5) is 24.8. The van der Waals surface area contributed by atoms with Crippen molar-refractivity contribution in [3.8, 4) is 10.6 Å². The number of carbonyl (C=O) groups excluding carboxylic acids is 1. The third-order valence-electron chi connectivity index (χ3n) is 3.08. The number of hydrogen-bond donors (Lipinski definition) is 3. The molecule has 0 bridgehead atoms. The third kappa shape index (κ3) is 4.12. The van der Waals surface area contributed by atoms with Gasteiger partial charge in [0.15, 0.2) is 0 Å². The number of hydrogen-bond acceptors (Lipinski definition) is 6. The molecule has 0 radical (unpaired) electrons. The van der Waals surface area contributed by atoms with E-state index in [9.17, 15) is 4.79 Å². The molecule has 3 rings (SSSR count). The van der Waals surface area contributed by atoms with Gasteiger partial charge in [-0.3, -0.25) is 15.6 Å². The summed E-state index contributed by atoms with van der Waals surface area (Å²) in [6, 6.07) is 8.85. The second kappa shape index (κ2) is 7.62. The van der Waals surface area contributed by atoms with E-state index in [-0.39, 0.29) is 6.03 Å². The predicted octanol–water partition coefficient (Wildman–Crippen LogP) is 2.96. The van der Waals surface area contributed by atoms with Gasteiger partial charge in [0.05, 0.1) is 5.69 Å². The van der Waals surface area contributed by atoms with Crippen molar-refractivity contribution in [2.45, 2.75) is 6.54 Å². The van der Waals surface area contributed by atoms with Gasteiger partial charge in [-0.15, -0.1) is 11.3 Å². The predicted molar refractivity (Wildman–Crippen MR) is 95.0 cm³/mol. The second-order valence-corrected chi connectivity index (χ2v) is 5.76. The van der Waals surface area contributed by atoms with Crippen LogP contribution in [0.3, 0.4) is 0 Å². The first-order valence-corrected chi connectivity index (χ1v) is 8.17. The third-order valence-corrected chi connectivity index (χ3v) is 3.97. The smallest absolute Gasteiger partial charge is 0.314 e. The van der Waals surface area contributed by atoms with Crippen LogP contribution in [-0.2, 0) is 6.54 Å². The Balaban J connectivity index is 1.63. The van der Waals surface area contributed by atoms with E-state index < -0.39 is 0 Å². The fraction of sp³-hybridized carbons (Fsp3) is 0.125. The molecule has 0 aliphatic carbocycles. The van der Waals surface area contributed by atoms with Crippen LogP contribution in [0.2, 0.25) is 0 Å². The summed E-state index contributed by atoms with van der Waals surface area (Å²) < 4.78 is 0. The molecule has 3 N–H and O–H groups in total. The Morgan fingerprint density at radius 2 is 1.88 bits per heavy atom. The van der Waals surface area contributed by atoms with Crippen LogP contribution < -0.4 is 16.0 Å². The van der Waals surface area contributed by atoms with E-state index in [1.54, 1.807) is 23.8 Å². The van der Waals surface area contributed by atoms with Crippen LogP contribution in [0.1, 0.15) is 5.69 Å². The summed E-state index contributed by atoms with van der Waals surface area (Å²) >= 11 is 1.45. The molecule has 0 saturated heterocycles. The molecular formula is C16H16N6OS. The van der Waals surface area contributed by atoms with Gasteiger partial charge in [0, 0.05) is 29.9 Å². The molecule has 0 saturated carbocycles. The maximum Gasteiger partial charge on any atom is 0.326 e. The van der Waals surface area contributed by atoms with Crippen LogP contribution in [0, 0.1) is 0 Å². The molecule has 3 aromatic heterocycles. The first-order valence-electron chi connectivity index (χ1n) is 7.29. The van der Waals surface area contributed by atoms with Gasteiger partial charge in [0.25, 0.3) is 0 Å². The topological polar surface area (TPSA) is 91.8 Å². The lowest BCUT2D eigenvalue weighted by molar-refractivity contribution is 0.262. The lowest BCUT2D eigenvalue weighted by Crippen LogP contribution is -2.20. The molecule has 0 spiro atoms. The average molecular weight is 340 g/mol. The zero-order valence-corrected chi connectivity index (χ0v) is 13.8. The number of aromatic nitrogens is 3. The lowest BCUT2D eigenvalue weighted by Gasteiger charge is -2.06. The first-order chi connectivity index (χ1) is 11.7. The zero-order chi connectivity index (χ0) is 16.8. The van der Waals surface area contributed by atoms with Crippen molar-refractivity contribution in [1.29, 1.82) is 0 Å². The molecular weight excluding hydrogens is 324 g/mol. The Bertz CT molecular complexity index is 820. The van der Waals surface area contributed by atoms with Gasteiger partial charge < -0.3 is 5.32 Å². The largest absolute Gasteiger partial charge is 0.326 e. The second-order valence-electron chi connectivity index (χ2n) is 4.90. The highest BCUT2D eigenvalue weighted by atomic mass is 32.1. The Hall–Kier alpha value is -2.84. The molecule has 0 aromatic carbocycles. The van der Waals surface area contributed by atoms with Crippen LogP contribution in [0.25, 0.3) is 10.6 Å². The average Bonchev–Trinajstić information content (AvgIpc) is 3.04. The summed E-state index contributed by atoms with van der Waals surface area (Å²) in [5.74, 6) is 0.987. The number of anilines is 2.